The first kappa shape index (κ1) is 16.5. The minimum atomic E-state index is 0.0254. The highest BCUT2D eigenvalue weighted by molar-refractivity contribution is 5.92. The quantitative estimate of drug-likeness (QED) is 0.867. The molecule has 1 fully saturated rings. The molecule has 1 aromatic heterocycles. The average molecular weight is 324 g/mol. The Hall–Kier alpha value is -2.40. The van der Waals surface area contributed by atoms with Gasteiger partial charge in [0, 0.05) is 38.4 Å². The molecule has 126 valence electrons. The number of para-hydroxylation sites is 1. The predicted molar refractivity (Wildman–Crippen MR) is 96.8 cm³/mol. The molecule has 1 aliphatic heterocycles. The van der Waals surface area contributed by atoms with E-state index in [4.69, 9.17) is 0 Å². The zero-order valence-electron chi connectivity index (χ0n) is 14.4. The Bertz CT molecular complexity index is 664. The predicted octanol–water partition coefficient (Wildman–Crippen LogP) is 2.63. The molecule has 2 heterocycles. The molecule has 0 unspecified atom stereocenters. The Morgan fingerprint density at radius 2 is 1.75 bits per heavy atom. The van der Waals surface area contributed by atoms with E-state index in [1.165, 1.54) is 0 Å². The number of likely N-dealkylation sites (N-methyl/N-ethyl adjacent to an activating group) is 1. The van der Waals surface area contributed by atoms with Crippen LogP contribution in [0.5, 0.6) is 0 Å². The van der Waals surface area contributed by atoms with Crippen LogP contribution in [0, 0.1) is 0 Å². The molecule has 1 amide bonds. The fourth-order valence-electron chi connectivity index (χ4n) is 2.97. The van der Waals surface area contributed by atoms with Gasteiger partial charge in [0.1, 0.15) is 5.69 Å². The lowest BCUT2D eigenvalue weighted by Gasteiger charge is -2.32. The van der Waals surface area contributed by atoms with Crippen LogP contribution in [0.1, 0.15) is 17.4 Å². The second kappa shape index (κ2) is 7.45. The first-order chi connectivity index (χ1) is 11.7. The molecular weight excluding hydrogens is 300 g/mol. The van der Waals surface area contributed by atoms with Crippen LogP contribution >= 0.6 is 0 Å². The van der Waals surface area contributed by atoms with Crippen LogP contribution in [0.2, 0.25) is 0 Å². The van der Waals surface area contributed by atoms with Crippen LogP contribution in [-0.4, -0.2) is 60.5 Å². The summed E-state index contributed by atoms with van der Waals surface area (Å²) in [4.78, 5) is 23.3. The molecule has 1 aromatic carbocycles. The number of piperazine rings is 1. The van der Waals surface area contributed by atoms with Crippen molar-refractivity contribution in [3.8, 4) is 0 Å². The maximum absolute atomic E-state index is 12.6. The van der Waals surface area contributed by atoms with E-state index in [0.717, 1.165) is 44.1 Å². The minimum absolute atomic E-state index is 0.0254. The number of carbonyl (C=O) groups is 1. The number of pyridine rings is 1. The van der Waals surface area contributed by atoms with Crippen molar-refractivity contribution in [1.82, 2.24) is 14.8 Å². The Morgan fingerprint density at radius 1 is 1.04 bits per heavy atom. The summed E-state index contributed by atoms with van der Waals surface area (Å²) in [5.74, 6) is 0.0254. The number of carbonyl (C=O) groups excluding carboxylic acids is 1. The number of aromatic nitrogens is 1. The monoisotopic (exact) mass is 324 g/mol. The molecule has 1 saturated heterocycles. The molecule has 2 aromatic rings. The first-order valence-corrected chi connectivity index (χ1v) is 8.45. The van der Waals surface area contributed by atoms with Crippen LogP contribution in [0.3, 0.4) is 0 Å². The molecule has 5 nitrogen and oxygen atoms in total. The van der Waals surface area contributed by atoms with Crippen molar-refractivity contribution in [1.29, 1.82) is 0 Å². The molecule has 0 saturated carbocycles. The summed E-state index contributed by atoms with van der Waals surface area (Å²) >= 11 is 0. The first-order valence-electron chi connectivity index (χ1n) is 8.45. The van der Waals surface area contributed by atoms with E-state index in [-0.39, 0.29) is 5.91 Å². The van der Waals surface area contributed by atoms with Gasteiger partial charge in [-0.2, -0.15) is 0 Å². The summed E-state index contributed by atoms with van der Waals surface area (Å²) in [5.41, 5.74) is 2.64. The van der Waals surface area contributed by atoms with Gasteiger partial charge in [-0.25, -0.2) is 4.98 Å². The van der Waals surface area contributed by atoms with E-state index in [1.54, 1.807) is 6.20 Å². The van der Waals surface area contributed by atoms with E-state index < -0.39 is 0 Å². The number of anilines is 2. The molecule has 0 aliphatic carbocycles. The summed E-state index contributed by atoms with van der Waals surface area (Å²) in [5, 5.41) is 0. The summed E-state index contributed by atoms with van der Waals surface area (Å²) in [7, 11) is 2.08. The van der Waals surface area contributed by atoms with Crippen LogP contribution < -0.4 is 4.90 Å². The summed E-state index contributed by atoms with van der Waals surface area (Å²) in [6, 6.07) is 14.0. The second-order valence-corrected chi connectivity index (χ2v) is 6.08. The van der Waals surface area contributed by atoms with Gasteiger partial charge in [0.05, 0.1) is 11.9 Å². The molecule has 1 aliphatic rings. The van der Waals surface area contributed by atoms with Crippen molar-refractivity contribution in [2.24, 2.45) is 0 Å². The van der Waals surface area contributed by atoms with Crippen molar-refractivity contribution >= 4 is 17.3 Å². The third-order valence-corrected chi connectivity index (χ3v) is 4.45. The van der Waals surface area contributed by atoms with Crippen LogP contribution in [0.15, 0.2) is 48.7 Å². The van der Waals surface area contributed by atoms with E-state index in [9.17, 15) is 4.79 Å². The number of hydrogen-bond acceptors (Lipinski definition) is 4. The maximum atomic E-state index is 12.6. The lowest BCUT2D eigenvalue weighted by molar-refractivity contribution is 0.0658. The van der Waals surface area contributed by atoms with Gasteiger partial charge in [-0.1, -0.05) is 18.2 Å². The van der Waals surface area contributed by atoms with Crippen LogP contribution in [0.25, 0.3) is 0 Å². The normalized spacial score (nSPS) is 15.3. The SMILES string of the molecule is CCN(c1ccccc1)c1ccc(C(=O)N2CCN(C)CC2)nc1. The zero-order valence-corrected chi connectivity index (χ0v) is 14.4. The Balaban J connectivity index is 1.74. The lowest BCUT2D eigenvalue weighted by atomic mass is 10.2. The van der Waals surface area contributed by atoms with Crippen molar-refractivity contribution in [3.63, 3.8) is 0 Å². The topological polar surface area (TPSA) is 39.7 Å². The molecule has 3 rings (SSSR count). The van der Waals surface area contributed by atoms with Gasteiger partial charge in [-0.15, -0.1) is 0 Å². The molecule has 0 N–H and O–H groups in total. The van der Waals surface area contributed by atoms with Crippen molar-refractivity contribution in [2.75, 3.05) is 44.7 Å². The molecule has 0 bridgehead atoms. The van der Waals surface area contributed by atoms with Gasteiger partial charge in [0.2, 0.25) is 0 Å². The number of rotatable bonds is 4. The van der Waals surface area contributed by atoms with Crippen LogP contribution in [-0.2, 0) is 0 Å². The van der Waals surface area contributed by atoms with Crippen molar-refractivity contribution in [2.45, 2.75) is 6.92 Å². The summed E-state index contributed by atoms with van der Waals surface area (Å²) < 4.78 is 0. The summed E-state index contributed by atoms with van der Waals surface area (Å²) in [6.45, 7) is 6.32. The fourth-order valence-corrected chi connectivity index (χ4v) is 2.97. The van der Waals surface area contributed by atoms with Gasteiger partial charge < -0.3 is 14.7 Å². The molecule has 0 atom stereocenters. The van der Waals surface area contributed by atoms with Crippen molar-refractivity contribution in [3.05, 3.63) is 54.4 Å². The van der Waals surface area contributed by atoms with Gasteiger partial charge in [0.25, 0.3) is 5.91 Å². The maximum Gasteiger partial charge on any atom is 0.272 e. The second-order valence-electron chi connectivity index (χ2n) is 6.08. The van der Waals surface area contributed by atoms with E-state index >= 15 is 0 Å². The standard InChI is InChI=1S/C19H24N4O/c1-3-23(16-7-5-4-6-8-16)17-9-10-18(20-15-17)19(24)22-13-11-21(2)12-14-22/h4-10,15H,3,11-14H2,1-2H3. The Morgan fingerprint density at radius 3 is 2.33 bits per heavy atom. The van der Waals surface area contributed by atoms with E-state index in [1.807, 2.05) is 35.2 Å². The zero-order chi connectivity index (χ0) is 16.9. The molecular formula is C19H24N4O. The summed E-state index contributed by atoms with van der Waals surface area (Å²) in [6.07, 6.45) is 1.79. The van der Waals surface area contributed by atoms with E-state index in [2.05, 4.69) is 40.9 Å². The highest BCUT2D eigenvalue weighted by atomic mass is 16.2. The lowest BCUT2D eigenvalue weighted by Crippen LogP contribution is -2.47. The van der Waals surface area contributed by atoms with Crippen molar-refractivity contribution < 1.29 is 4.79 Å². The highest BCUT2D eigenvalue weighted by Crippen LogP contribution is 2.24. The Kier molecular flexibility index (Phi) is 5.11. The molecule has 24 heavy (non-hydrogen) atoms. The molecule has 0 radical (unpaired) electrons. The van der Waals surface area contributed by atoms with Gasteiger partial charge in [-0.05, 0) is 38.2 Å². The fraction of sp³-hybridized carbons (Fsp3) is 0.368. The number of nitrogens with zero attached hydrogens (tertiary/aromatic N) is 4. The van der Waals surface area contributed by atoms with Gasteiger partial charge in [0.15, 0.2) is 0 Å². The molecule has 0 spiro atoms. The largest absolute Gasteiger partial charge is 0.341 e. The smallest absolute Gasteiger partial charge is 0.272 e. The number of hydrogen-bond donors (Lipinski definition) is 0. The number of benzene rings is 1. The van der Waals surface area contributed by atoms with Gasteiger partial charge in [-0.3, -0.25) is 4.79 Å². The average Bonchev–Trinajstić information content (AvgIpc) is 2.64. The van der Waals surface area contributed by atoms with Crippen LogP contribution in [0.4, 0.5) is 11.4 Å². The third-order valence-electron chi connectivity index (χ3n) is 4.45. The van der Waals surface area contributed by atoms with E-state index in [0.29, 0.717) is 5.69 Å². The number of amides is 1. The highest BCUT2D eigenvalue weighted by Gasteiger charge is 2.21. The minimum Gasteiger partial charge on any atom is -0.341 e. The van der Waals surface area contributed by atoms with Gasteiger partial charge >= 0.3 is 0 Å². The third kappa shape index (κ3) is 3.57. The molecule has 5 heteroatoms. The Labute approximate surface area is 143 Å².